The number of nitrogens with one attached hydrogen (secondary N) is 1. The van der Waals surface area contributed by atoms with Crippen LogP contribution < -0.4 is 5.32 Å². The Kier molecular flexibility index (Phi) is 8.13. The fourth-order valence-electron chi connectivity index (χ4n) is 0.293. The highest BCUT2D eigenvalue weighted by Gasteiger charge is 2.10. The minimum absolute atomic E-state index is 0. The highest BCUT2D eigenvalue weighted by molar-refractivity contribution is 7.80. The van der Waals surface area contributed by atoms with Crippen LogP contribution in [0.2, 0.25) is 0 Å². The van der Waals surface area contributed by atoms with E-state index in [9.17, 15) is 4.79 Å². The number of hydrogen-bond donors (Lipinski definition) is 3. The van der Waals surface area contributed by atoms with E-state index in [1.807, 2.05) is 0 Å². The summed E-state index contributed by atoms with van der Waals surface area (Å²) in [6.45, 7) is 0. The van der Waals surface area contributed by atoms with E-state index in [-0.39, 0.29) is 12.4 Å². The molecule has 1 atom stereocenters. The van der Waals surface area contributed by atoms with Crippen molar-refractivity contribution in [2.75, 3.05) is 12.8 Å². The zero-order valence-corrected chi connectivity index (χ0v) is 6.71. The predicted molar refractivity (Wildman–Crippen MR) is 41.6 cm³/mol. The normalized spacial score (nSPS) is 11.8. The Hall–Kier alpha value is 0.0700. The summed E-state index contributed by atoms with van der Waals surface area (Å²) in [7, 11) is 1.59. The minimum Gasteiger partial charge on any atom is -0.480 e. The van der Waals surface area contributed by atoms with Crippen LogP contribution in [0.5, 0.6) is 0 Å². The summed E-state index contributed by atoms with van der Waals surface area (Å²) in [5.74, 6) is -0.534. The lowest BCUT2D eigenvalue weighted by Gasteiger charge is -2.04. The van der Waals surface area contributed by atoms with Crippen LogP contribution in [0.3, 0.4) is 0 Å². The van der Waals surface area contributed by atoms with Crippen molar-refractivity contribution in [2.24, 2.45) is 0 Å². The summed E-state index contributed by atoms with van der Waals surface area (Å²) in [4.78, 5) is 10.1. The molecule has 0 spiro atoms. The van der Waals surface area contributed by atoms with E-state index in [4.69, 9.17) is 5.11 Å². The van der Waals surface area contributed by atoms with Crippen molar-refractivity contribution in [3.63, 3.8) is 0 Å². The molecule has 0 bridgehead atoms. The van der Waals surface area contributed by atoms with Crippen molar-refractivity contribution in [2.45, 2.75) is 6.04 Å². The van der Waals surface area contributed by atoms with Gasteiger partial charge in [0.15, 0.2) is 0 Å². The Bertz CT molecular complexity index is 86.6. The van der Waals surface area contributed by atoms with Crippen molar-refractivity contribution in [1.82, 2.24) is 5.32 Å². The van der Waals surface area contributed by atoms with E-state index < -0.39 is 12.0 Å². The first-order valence-electron chi connectivity index (χ1n) is 2.23. The third kappa shape index (κ3) is 4.57. The fraction of sp³-hybridized carbons (Fsp3) is 0.750. The van der Waals surface area contributed by atoms with Crippen molar-refractivity contribution in [1.29, 1.82) is 0 Å². The van der Waals surface area contributed by atoms with Crippen molar-refractivity contribution in [3.05, 3.63) is 0 Å². The second kappa shape index (κ2) is 6.19. The van der Waals surface area contributed by atoms with Crippen LogP contribution >= 0.6 is 25.0 Å². The molecule has 1 unspecified atom stereocenters. The van der Waals surface area contributed by atoms with Gasteiger partial charge >= 0.3 is 5.97 Å². The maximum Gasteiger partial charge on any atom is 0.321 e. The second-order valence-corrected chi connectivity index (χ2v) is 1.73. The van der Waals surface area contributed by atoms with Gasteiger partial charge in [-0.3, -0.25) is 4.79 Å². The second-order valence-electron chi connectivity index (χ2n) is 1.36. The van der Waals surface area contributed by atoms with E-state index in [1.165, 1.54) is 0 Å². The summed E-state index contributed by atoms with van der Waals surface area (Å²) >= 11 is 3.79. The van der Waals surface area contributed by atoms with Gasteiger partial charge in [-0.25, -0.2) is 0 Å². The van der Waals surface area contributed by atoms with Crippen LogP contribution in [0.15, 0.2) is 0 Å². The van der Waals surface area contributed by atoms with Crippen LogP contribution in [0.25, 0.3) is 0 Å². The number of halogens is 1. The average Bonchev–Trinajstić information content (AvgIpc) is 1.69. The molecule has 9 heavy (non-hydrogen) atoms. The Morgan fingerprint density at radius 1 is 1.89 bits per heavy atom. The molecule has 0 aromatic rings. The van der Waals surface area contributed by atoms with Gasteiger partial charge in [0.2, 0.25) is 0 Å². The first kappa shape index (κ1) is 11.8. The molecule has 0 aliphatic heterocycles. The van der Waals surface area contributed by atoms with Crippen LogP contribution in [0.1, 0.15) is 0 Å². The van der Waals surface area contributed by atoms with Crippen LogP contribution in [-0.4, -0.2) is 29.9 Å². The molecule has 0 aliphatic carbocycles. The first-order valence-corrected chi connectivity index (χ1v) is 2.86. The quantitative estimate of drug-likeness (QED) is 0.525. The Labute approximate surface area is 65.6 Å². The predicted octanol–water partition coefficient (Wildman–Crippen LogP) is 0.0106. The minimum atomic E-state index is -0.859. The van der Waals surface area contributed by atoms with Gasteiger partial charge in [-0.1, -0.05) is 0 Å². The molecule has 3 nitrogen and oxygen atoms in total. The summed E-state index contributed by atoms with van der Waals surface area (Å²) in [5.41, 5.74) is 0. The zero-order chi connectivity index (χ0) is 6.57. The molecule has 0 saturated carbocycles. The van der Waals surface area contributed by atoms with Gasteiger partial charge in [0.25, 0.3) is 0 Å². The monoisotopic (exact) mass is 171 g/mol. The number of thiol groups is 1. The fourth-order valence-corrected chi connectivity index (χ4v) is 0.632. The molecule has 0 aromatic carbocycles. The number of rotatable bonds is 3. The lowest BCUT2D eigenvalue weighted by Crippen LogP contribution is -2.35. The highest BCUT2D eigenvalue weighted by Crippen LogP contribution is 1.84. The van der Waals surface area contributed by atoms with Crippen LogP contribution in [0.4, 0.5) is 0 Å². The number of hydrogen-bond acceptors (Lipinski definition) is 3. The molecular formula is C4H10ClNO2S. The third-order valence-electron chi connectivity index (χ3n) is 0.829. The van der Waals surface area contributed by atoms with Crippen molar-refractivity contribution >= 4 is 31.0 Å². The Morgan fingerprint density at radius 3 is 2.33 bits per heavy atom. The number of carboxylic acids is 1. The molecule has 5 heteroatoms. The van der Waals surface area contributed by atoms with Crippen LogP contribution in [-0.2, 0) is 4.79 Å². The molecule has 0 fully saturated rings. The molecule has 56 valence electrons. The van der Waals surface area contributed by atoms with Gasteiger partial charge in [0.05, 0.1) is 0 Å². The standard InChI is InChI=1S/C4H9NO2S.ClH/c1-5-3(2-8)4(6)7;/h3,5,8H,2H2,1H3,(H,6,7);1H. The number of likely N-dealkylation sites (N-methyl/N-ethyl adjacent to an activating group) is 1. The van der Waals surface area contributed by atoms with Gasteiger partial charge in [-0.15, -0.1) is 12.4 Å². The molecular weight excluding hydrogens is 162 g/mol. The third-order valence-corrected chi connectivity index (χ3v) is 1.19. The SMILES string of the molecule is CNC(CS)C(=O)O.Cl. The van der Waals surface area contributed by atoms with Gasteiger partial charge in [0.1, 0.15) is 6.04 Å². The summed E-state index contributed by atoms with van der Waals surface area (Å²) in [6.07, 6.45) is 0. The summed E-state index contributed by atoms with van der Waals surface area (Å²) < 4.78 is 0. The maximum absolute atomic E-state index is 10.1. The lowest BCUT2D eigenvalue weighted by molar-refractivity contribution is -0.138. The van der Waals surface area contributed by atoms with E-state index in [2.05, 4.69) is 17.9 Å². The zero-order valence-electron chi connectivity index (χ0n) is 5.00. The van der Waals surface area contributed by atoms with Crippen LogP contribution in [0, 0.1) is 0 Å². The lowest BCUT2D eigenvalue weighted by atomic mass is 10.3. The van der Waals surface area contributed by atoms with Crippen molar-refractivity contribution < 1.29 is 9.90 Å². The topological polar surface area (TPSA) is 49.3 Å². The molecule has 0 saturated heterocycles. The smallest absolute Gasteiger partial charge is 0.321 e. The van der Waals surface area contributed by atoms with E-state index in [0.717, 1.165) is 0 Å². The summed E-state index contributed by atoms with van der Waals surface area (Å²) in [5, 5.41) is 10.8. The van der Waals surface area contributed by atoms with Gasteiger partial charge < -0.3 is 10.4 Å². The van der Waals surface area contributed by atoms with E-state index in [1.54, 1.807) is 7.05 Å². The average molecular weight is 172 g/mol. The Balaban J connectivity index is 0. The molecule has 2 N–H and O–H groups in total. The molecule has 0 aromatic heterocycles. The summed E-state index contributed by atoms with van der Waals surface area (Å²) in [6, 6.07) is -0.515. The highest BCUT2D eigenvalue weighted by atomic mass is 35.5. The molecule has 0 amide bonds. The maximum atomic E-state index is 10.1. The molecule has 0 radical (unpaired) electrons. The van der Waals surface area contributed by atoms with E-state index >= 15 is 0 Å². The Morgan fingerprint density at radius 2 is 2.33 bits per heavy atom. The number of aliphatic carboxylic acids is 1. The van der Waals surface area contributed by atoms with E-state index in [0.29, 0.717) is 5.75 Å². The number of carbonyl (C=O) groups is 1. The largest absolute Gasteiger partial charge is 0.480 e. The number of carboxylic acid groups (broad SMARTS) is 1. The molecule has 0 aliphatic rings. The molecule has 0 rings (SSSR count). The first-order chi connectivity index (χ1) is 3.72. The molecule has 0 heterocycles. The van der Waals surface area contributed by atoms with Crippen molar-refractivity contribution in [3.8, 4) is 0 Å². The van der Waals surface area contributed by atoms with Gasteiger partial charge in [-0.05, 0) is 7.05 Å². The van der Waals surface area contributed by atoms with Gasteiger partial charge in [-0.2, -0.15) is 12.6 Å². The van der Waals surface area contributed by atoms with Gasteiger partial charge in [0, 0.05) is 5.75 Å².